The molecule has 0 saturated carbocycles. The summed E-state index contributed by atoms with van der Waals surface area (Å²) in [6, 6.07) is 0.809. The van der Waals surface area contributed by atoms with Crippen LogP contribution in [-0.4, -0.2) is 112 Å². The number of carbonyl (C=O) groups excluding carboxylic acids is 2. The van der Waals surface area contributed by atoms with E-state index in [1.54, 1.807) is 4.90 Å². The predicted octanol–water partition coefficient (Wildman–Crippen LogP) is 5.06. The third kappa shape index (κ3) is 9.14. The molecule has 1 saturated heterocycles. The van der Waals surface area contributed by atoms with Gasteiger partial charge in [0.1, 0.15) is 11.9 Å². The lowest BCUT2D eigenvalue weighted by Crippen LogP contribution is -2.62. The Bertz CT molecular complexity index is 1180. The molecule has 4 aliphatic rings. The highest BCUT2D eigenvalue weighted by molar-refractivity contribution is 6.02. The number of amides is 1. The van der Waals surface area contributed by atoms with Crippen molar-refractivity contribution < 1.29 is 24.5 Å². The van der Waals surface area contributed by atoms with Gasteiger partial charge in [0.05, 0.1) is 36.6 Å². The van der Waals surface area contributed by atoms with Crippen LogP contribution >= 0.6 is 0 Å². The lowest BCUT2D eigenvalue weighted by Gasteiger charge is -2.46. The van der Waals surface area contributed by atoms with Crippen LogP contribution in [0.2, 0.25) is 0 Å². The molecule has 9 nitrogen and oxygen atoms in total. The Morgan fingerprint density at radius 3 is 2.45 bits per heavy atom. The van der Waals surface area contributed by atoms with Gasteiger partial charge >= 0.3 is 5.97 Å². The average Bonchev–Trinajstić information content (AvgIpc) is 3.50. The van der Waals surface area contributed by atoms with Crippen LogP contribution in [0, 0.1) is 29.1 Å². The first-order chi connectivity index (χ1) is 22.1. The van der Waals surface area contributed by atoms with Crippen molar-refractivity contribution >= 4 is 17.7 Å². The van der Waals surface area contributed by atoms with Crippen molar-refractivity contribution in [2.45, 2.75) is 137 Å². The van der Waals surface area contributed by atoms with E-state index in [0.29, 0.717) is 37.5 Å². The Kier molecular flexibility index (Phi) is 12.9. The van der Waals surface area contributed by atoms with Crippen LogP contribution < -0.4 is 0 Å². The van der Waals surface area contributed by atoms with E-state index in [1.807, 2.05) is 20.8 Å². The number of piperazine rings is 1. The number of aliphatic imine (C=N–C) groups is 1. The zero-order valence-electron chi connectivity index (χ0n) is 30.7. The van der Waals surface area contributed by atoms with Crippen molar-refractivity contribution in [3.05, 3.63) is 23.8 Å². The Hall–Kier alpha value is -2.07. The van der Waals surface area contributed by atoms with Crippen molar-refractivity contribution in [1.29, 1.82) is 0 Å². The van der Waals surface area contributed by atoms with Crippen molar-refractivity contribution in [3.8, 4) is 0 Å². The molecule has 47 heavy (non-hydrogen) atoms. The van der Waals surface area contributed by atoms with Gasteiger partial charge in [0, 0.05) is 44.2 Å². The molecule has 2 N–H and O–H groups in total. The number of carbonyl (C=O) groups is 2. The first kappa shape index (κ1) is 37.7. The van der Waals surface area contributed by atoms with E-state index in [4.69, 9.17) is 9.73 Å². The van der Waals surface area contributed by atoms with Gasteiger partial charge in [-0.25, -0.2) is 0 Å². The monoisotopic (exact) mass is 656 g/mol. The molecule has 8 atom stereocenters. The van der Waals surface area contributed by atoms with Crippen molar-refractivity contribution in [1.82, 2.24) is 14.7 Å². The number of esters is 1. The van der Waals surface area contributed by atoms with Crippen molar-refractivity contribution in [3.63, 3.8) is 0 Å². The fourth-order valence-electron chi connectivity index (χ4n) is 8.01. The maximum absolute atomic E-state index is 13.5. The molecule has 2 unspecified atom stereocenters. The highest BCUT2D eigenvalue weighted by Crippen LogP contribution is 2.45. The zero-order chi connectivity index (χ0) is 34.6. The van der Waals surface area contributed by atoms with Gasteiger partial charge in [-0.05, 0) is 97.0 Å². The minimum absolute atomic E-state index is 0.0282. The summed E-state index contributed by atoms with van der Waals surface area (Å²) in [6.45, 7) is 23.0. The van der Waals surface area contributed by atoms with Crippen molar-refractivity contribution in [2.24, 2.45) is 34.1 Å². The summed E-state index contributed by atoms with van der Waals surface area (Å²) < 4.78 is 6.25. The fourth-order valence-corrected chi connectivity index (χ4v) is 8.01. The van der Waals surface area contributed by atoms with Crippen molar-refractivity contribution in [2.75, 3.05) is 32.7 Å². The number of fused-ring (bicyclic) bond motifs is 1. The third-order valence-electron chi connectivity index (χ3n) is 11.4. The third-order valence-corrected chi connectivity index (χ3v) is 11.4. The van der Waals surface area contributed by atoms with E-state index < -0.39 is 17.6 Å². The molecule has 0 aromatic heterocycles. The van der Waals surface area contributed by atoms with Crippen LogP contribution in [0.3, 0.4) is 0 Å². The Morgan fingerprint density at radius 1 is 1.06 bits per heavy atom. The fraction of sp³-hybridized carbons (Fsp3) is 0.816. The number of hydrogen-bond acceptors (Lipinski definition) is 8. The molecular formula is C38H64N4O5. The molecule has 2 aliphatic heterocycles. The molecule has 2 aliphatic carbocycles. The summed E-state index contributed by atoms with van der Waals surface area (Å²) in [7, 11) is 0. The number of aliphatic hydroxyl groups is 2. The molecule has 0 radical (unpaired) electrons. The highest BCUT2D eigenvalue weighted by atomic mass is 16.5. The summed E-state index contributed by atoms with van der Waals surface area (Å²) >= 11 is 0. The van der Waals surface area contributed by atoms with Gasteiger partial charge in [-0.2, -0.15) is 0 Å². The SMILES string of the molecule is CCC(C)(C)C(=O)O[C@H]1C[C@@H](C)C=C2C=C[C@H](C)[C@H](CC[C@@H](O)C[C@@H](O)CC(=O)N3CCN=C3C3CN(C(C)C)CCN3C(C)C)C21. The number of hydrogen-bond donors (Lipinski definition) is 2. The van der Waals surface area contributed by atoms with E-state index in [1.165, 1.54) is 5.57 Å². The molecule has 0 bridgehead atoms. The van der Waals surface area contributed by atoms with Crippen LogP contribution in [0.25, 0.3) is 0 Å². The molecule has 0 aromatic carbocycles. The molecule has 2 heterocycles. The maximum Gasteiger partial charge on any atom is 0.311 e. The zero-order valence-corrected chi connectivity index (χ0v) is 30.7. The molecule has 266 valence electrons. The lowest BCUT2D eigenvalue weighted by atomic mass is 9.65. The summed E-state index contributed by atoms with van der Waals surface area (Å²) in [5.41, 5.74) is 0.702. The van der Waals surface area contributed by atoms with Crippen LogP contribution in [0.15, 0.2) is 28.8 Å². The van der Waals surface area contributed by atoms with E-state index in [0.717, 1.165) is 44.7 Å². The van der Waals surface area contributed by atoms with Crippen LogP contribution in [0.4, 0.5) is 0 Å². The quantitative estimate of drug-likeness (QED) is 0.267. The summed E-state index contributed by atoms with van der Waals surface area (Å²) in [5, 5.41) is 22.1. The highest BCUT2D eigenvalue weighted by Gasteiger charge is 2.43. The average molecular weight is 657 g/mol. The van der Waals surface area contributed by atoms with Crippen LogP contribution in [-0.2, 0) is 14.3 Å². The molecule has 9 heteroatoms. The van der Waals surface area contributed by atoms with Crippen LogP contribution in [0.5, 0.6) is 0 Å². The van der Waals surface area contributed by atoms with E-state index in [9.17, 15) is 19.8 Å². The minimum Gasteiger partial charge on any atom is -0.461 e. The summed E-state index contributed by atoms with van der Waals surface area (Å²) in [5.74, 6) is 1.45. The number of ether oxygens (including phenoxy) is 1. The van der Waals surface area contributed by atoms with Crippen LogP contribution in [0.1, 0.15) is 101 Å². The van der Waals surface area contributed by atoms with Gasteiger partial charge < -0.3 is 14.9 Å². The first-order valence-corrected chi connectivity index (χ1v) is 18.4. The number of amidine groups is 1. The predicted molar refractivity (Wildman–Crippen MR) is 188 cm³/mol. The molecule has 4 rings (SSSR count). The second kappa shape index (κ2) is 16.1. The normalized spacial score (nSPS) is 30.3. The smallest absolute Gasteiger partial charge is 0.311 e. The van der Waals surface area contributed by atoms with Gasteiger partial charge in [-0.1, -0.05) is 39.0 Å². The standard InChI is InChI=1S/C38H64N4O5/c1-10-38(8,9)37(46)47-33-20-26(6)19-28-12-11-27(7)31(35(28)33)14-13-29(43)21-30(44)22-34(45)42-16-15-39-36(42)32-23-40(24(2)3)17-18-41(32)25(4)5/h11-12,19,24-27,29-33,35,43-44H,10,13-18,20-23H2,1-9H3/t26-,27-,29+,30+,31-,32?,33-,35?/m0/s1. The van der Waals surface area contributed by atoms with E-state index >= 15 is 0 Å². The van der Waals surface area contributed by atoms with E-state index in [-0.39, 0.29) is 54.6 Å². The summed E-state index contributed by atoms with van der Waals surface area (Å²) in [4.78, 5) is 38.2. The maximum atomic E-state index is 13.5. The molecular weight excluding hydrogens is 592 g/mol. The molecule has 1 amide bonds. The van der Waals surface area contributed by atoms with Gasteiger partial charge in [-0.15, -0.1) is 0 Å². The van der Waals surface area contributed by atoms with Gasteiger partial charge in [0.25, 0.3) is 0 Å². The number of aliphatic hydroxyl groups excluding tert-OH is 2. The first-order valence-electron chi connectivity index (χ1n) is 18.4. The Balaban J connectivity index is 1.35. The molecule has 0 spiro atoms. The Labute approximate surface area is 284 Å². The molecule has 1 fully saturated rings. The Morgan fingerprint density at radius 2 is 1.79 bits per heavy atom. The number of nitrogens with zero attached hydrogens (tertiary/aromatic N) is 4. The van der Waals surface area contributed by atoms with Gasteiger partial charge in [-0.3, -0.25) is 29.3 Å². The molecule has 0 aromatic rings. The second-order valence-corrected chi connectivity index (χ2v) is 16.0. The minimum atomic E-state index is -0.932. The number of allylic oxidation sites excluding steroid dienone is 3. The topological polar surface area (TPSA) is 106 Å². The van der Waals surface area contributed by atoms with Gasteiger partial charge in [0.2, 0.25) is 5.91 Å². The number of rotatable bonds is 13. The van der Waals surface area contributed by atoms with E-state index in [2.05, 4.69) is 69.6 Å². The lowest BCUT2D eigenvalue weighted by molar-refractivity contribution is -0.164. The largest absolute Gasteiger partial charge is 0.461 e. The summed E-state index contributed by atoms with van der Waals surface area (Å²) in [6.07, 6.45) is 7.80. The second-order valence-electron chi connectivity index (χ2n) is 16.0. The van der Waals surface area contributed by atoms with Gasteiger partial charge in [0.15, 0.2) is 0 Å².